The molecular formula is C18H17ClN2O3S. The van der Waals surface area contributed by atoms with Crippen molar-refractivity contribution in [3.05, 3.63) is 49.8 Å². The number of nitrogens with zero attached hydrogens (tertiary/aromatic N) is 2. The summed E-state index contributed by atoms with van der Waals surface area (Å²) in [6, 6.07) is 4.62. The van der Waals surface area contributed by atoms with Crippen LogP contribution in [-0.4, -0.2) is 20.6 Å². The number of hydrogen-bond acceptors (Lipinski definition) is 4. The quantitative estimate of drug-likeness (QED) is 0.737. The second-order valence-corrected chi connectivity index (χ2v) is 7.64. The maximum Gasteiger partial charge on any atom is 0.326 e. The van der Waals surface area contributed by atoms with Crippen LogP contribution < -0.4 is 5.56 Å². The van der Waals surface area contributed by atoms with Crippen molar-refractivity contribution in [2.45, 2.75) is 33.7 Å². The topological polar surface area (TPSA) is 72.2 Å². The molecule has 25 heavy (non-hydrogen) atoms. The molecule has 3 aromatic rings. The van der Waals surface area contributed by atoms with E-state index in [1.165, 1.54) is 22.8 Å². The number of aromatic nitrogens is 2. The minimum Gasteiger partial charge on any atom is -0.480 e. The molecule has 0 fully saturated rings. The Morgan fingerprint density at radius 2 is 2.00 bits per heavy atom. The minimum atomic E-state index is -1.07. The van der Waals surface area contributed by atoms with E-state index in [4.69, 9.17) is 11.6 Å². The van der Waals surface area contributed by atoms with Crippen molar-refractivity contribution in [1.82, 2.24) is 9.55 Å². The van der Waals surface area contributed by atoms with Crippen molar-refractivity contribution in [2.24, 2.45) is 0 Å². The van der Waals surface area contributed by atoms with Crippen LogP contribution in [0.1, 0.15) is 29.2 Å². The number of halogens is 1. The number of thiophene rings is 1. The van der Waals surface area contributed by atoms with E-state index in [2.05, 4.69) is 4.98 Å². The normalized spacial score (nSPS) is 12.5. The maximum absolute atomic E-state index is 13.1. The highest BCUT2D eigenvalue weighted by molar-refractivity contribution is 7.19. The molecule has 0 saturated heterocycles. The van der Waals surface area contributed by atoms with Gasteiger partial charge in [-0.1, -0.05) is 17.7 Å². The van der Waals surface area contributed by atoms with E-state index < -0.39 is 12.0 Å². The Kier molecular flexibility index (Phi) is 4.43. The van der Waals surface area contributed by atoms with Gasteiger partial charge in [0.25, 0.3) is 5.56 Å². The molecule has 3 rings (SSSR count). The molecule has 0 aliphatic carbocycles. The first-order valence-corrected chi connectivity index (χ1v) is 8.93. The second kappa shape index (κ2) is 6.28. The van der Waals surface area contributed by atoms with Gasteiger partial charge in [-0.3, -0.25) is 9.36 Å². The Bertz CT molecular complexity index is 1070. The first-order chi connectivity index (χ1) is 11.7. The summed E-state index contributed by atoms with van der Waals surface area (Å²) < 4.78 is 1.24. The molecule has 0 amide bonds. The molecule has 0 aliphatic rings. The molecule has 1 unspecified atom stereocenters. The van der Waals surface area contributed by atoms with Crippen LogP contribution in [0.15, 0.2) is 23.0 Å². The number of hydrogen-bond donors (Lipinski definition) is 1. The number of rotatable bonds is 3. The lowest BCUT2D eigenvalue weighted by Gasteiger charge is -2.14. The highest BCUT2D eigenvalue weighted by atomic mass is 35.5. The van der Waals surface area contributed by atoms with Crippen LogP contribution in [0.3, 0.4) is 0 Å². The number of fused-ring (bicyclic) bond motifs is 1. The van der Waals surface area contributed by atoms with Crippen molar-refractivity contribution >= 4 is 39.1 Å². The van der Waals surface area contributed by atoms with Gasteiger partial charge in [0.05, 0.1) is 5.39 Å². The van der Waals surface area contributed by atoms with Gasteiger partial charge in [0.1, 0.15) is 16.7 Å². The van der Waals surface area contributed by atoms with E-state index in [9.17, 15) is 14.7 Å². The average Bonchev–Trinajstić information content (AvgIpc) is 2.86. The van der Waals surface area contributed by atoms with Crippen molar-refractivity contribution < 1.29 is 9.90 Å². The van der Waals surface area contributed by atoms with Crippen molar-refractivity contribution in [1.29, 1.82) is 0 Å². The van der Waals surface area contributed by atoms with Gasteiger partial charge in [0.2, 0.25) is 0 Å². The van der Waals surface area contributed by atoms with Gasteiger partial charge < -0.3 is 5.11 Å². The van der Waals surface area contributed by atoms with E-state index in [0.29, 0.717) is 21.1 Å². The molecule has 0 radical (unpaired) electrons. The summed E-state index contributed by atoms with van der Waals surface area (Å²) in [5, 5.41) is 10.4. The van der Waals surface area contributed by atoms with E-state index in [1.807, 2.05) is 26.0 Å². The van der Waals surface area contributed by atoms with Gasteiger partial charge in [-0.05, 0) is 51.0 Å². The molecule has 2 heterocycles. The first-order valence-electron chi connectivity index (χ1n) is 7.74. The molecule has 0 aliphatic heterocycles. The zero-order valence-electron chi connectivity index (χ0n) is 14.3. The highest BCUT2D eigenvalue weighted by Crippen LogP contribution is 2.37. The summed E-state index contributed by atoms with van der Waals surface area (Å²) in [5.74, 6) is -0.672. The fourth-order valence-electron chi connectivity index (χ4n) is 2.99. The summed E-state index contributed by atoms with van der Waals surface area (Å²) >= 11 is 7.55. The smallest absolute Gasteiger partial charge is 0.326 e. The predicted octanol–water partition coefficient (Wildman–Crippen LogP) is 4.35. The van der Waals surface area contributed by atoms with Crippen LogP contribution in [0.4, 0.5) is 0 Å². The Hall–Kier alpha value is -2.18. The number of carboxylic acids is 1. The largest absolute Gasteiger partial charge is 0.480 e. The summed E-state index contributed by atoms with van der Waals surface area (Å²) in [4.78, 5) is 30.5. The molecule has 1 N–H and O–H groups in total. The molecule has 2 aromatic heterocycles. The molecule has 0 saturated carbocycles. The summed E-state index contributed by atoms with van der Waals surface area (Å²) in [6.07, 6.45) is 0. The molecule has 1 aromatic carbocycles. The Balaban J connectivity index is 2.39. The van der Waals surface area contributed by atoms with Crippen LogP contribution in [0.5, 0.6) is 0 Å². The number of carbonyl (C=O) groups is 1. The van der Waals surface area contributed by atoms with E-state index in [1.54, 1.807) is 13.0 Å². The Labute approximate surface area is 153 Å². The van der Waals surface area contributed by atoms with E-state index in [0.717, 1.165) is 21.6 Å². The Morgan fingerprint density at radius 3 is 2.60 bits per heavy atom. The lowest BCUT2D eigenvalue weighted by Crippen LogP contribution is -2.30. The van der Waals surface area contributed by atoms with Gasteiger partial charge in [0, 0.05) is 15.5 Å². The summed E-state index contributed by atoms with van der Waals surface area (Å²) in [5.41, 5.74) is 2.26. The fourth-order valence-corrected chi connectivity index (χ4v) is 4.19. The third-order valence-electron chi connectivity index (χ3n) is 4.30. The predicted molar refractivity (Wildman–Crippen MR) is 101 cm³/mol. The van der Waals surface area contributed by atoms with E-state index in [-0.39, 0.29) is 5.56 Å². The monoisotopic (exact) mass is 376 g/mol. The molecular weight excluding hydrogens is 360 g/mol. The van der Waals surface area contributed by atoms with Gasteiger partial charge in [-0.15, -0.1) is 11.3 Å². The third kappa shape index (κ3) is 2.85. The lowest BCUT2D eigenvalue weighted by atomic mass is 10.0. The van der Waals surface area contributed by atoms with Crippen LogP contribution in [0, 0.1) is 20.8 Å². The third-order valence-corrected chi connectivity index (χ3v) is 5.72. The first kappa shape index (κ1) is 17.6. The maximum atomic E-state index is 13.1. The average molecular weight is 377 g/mol. The minimum absolute atomic E-state index is 0.329. The molecule has 0 spiro atoms. The van der Waals surface area contributed by atoms with Gasteiger partial charge in [-0.2, -0.15) is 0 Å². The summed E-state index contributed by atoms with van der Waals surface area (Å²) in [6.45, 7) is 6.98. The van der Waals surface area contributed by atoms with Gasteiger partial charge in [0.15, 0.2) is 0 Å². The molecule has 5 nitrogen and oxygen atoms in total. The Morgan fingerprint density at radius 1 is 1.32 bits per heavy atom. The zero-order chi connectivity index (χ0) is 18.5. The van der Waals surface area contributed by atoms with Crippen LogP contribution in [0.2, 0.25) is 5.02 Å². The number of carboxylic acid groups (broad SMARTS) is 1. The zero-order valence-corrected chi connectivity index (χ0v) is 15.8. The number of aliphatic carboxylic acids is 1. The number of benzene rings is 1. The van der Waals surface area contributed by atoms with Crippen molar-refractivity contribution in [2.75, 3.05) is 0 Å². The number of aryl methyl sites for hydroxylation is 3. The highest BCUT2D eigenvalue weighted by Gasteiger charge is 2.23. The second-order valence-electron chi connectivity index (χ2n) is 6.03. The van der Waals surface area contributed by atoms with Crippen LogP contribution in [-0.2, 0) is 4.79 Å². The lowest BCUT2D eigenvalue weighted by molar-refractivity contribution is -0.140. The standard InChI is InChI=1S/C18H17ClN2O3S/c1-8-7-12(5-6-13(8)19)14-10(3)25-16-15(14)17(22)21(11(4)20-16)9(2)18(23)24/h5-7,9H,1-4H3,(H,23,24). The van der Waals surface area contributed by atoms with E-state index >= 15 is 0 Å². The van der Waals surface area contributed by atoms with Crippen molar-refractivity contribution in [3.8, 4) is 11.1 Å². The fraction of sp³-hybridized carbons (Fsp3) is 0.278. The SMILES string of the molecule is Cc1cc(-c2c(C)sc3nc(C)n(C(C)C(=O)O)c(=O)c23)ccc1Cl. The van der Waals surface area contributed by atoms with Crippen LogP contribution in [0.25, 0.3) is 21.3 Å². The van der Waals surface area contributed by atoms with Crippen molar-refractivity contribution in [3.63, 3.8) is 0 Å². The van der Waals surface area contributed by atoms with Crippen LogP contribution >= 0.6 is 22.9 Å². The molecule has 0 bridgehead atoms. The molecule has 1 atom stereocenters. The van der Waals surface area contributed by atoms with Gasteiger partial charge in [-0.25, -0.2) is 9.78 Å². The summed E-state index contributed by atoms with van der Waals surface area (Å²) in [7, 11) is 0. The molecule has 7 heteroatoms. The van der Waals surface area contributed by atoms with Gasteiger partial charge >= 0.3 is 5.97 Å². The molecule has 130 valence electrons.